The van der Waals surface area contributed by atoms with E-state index in [2.05, 4.69) is 34.4 Å². The molecule has 0 amide bonds. The van der Waals surface area contributed by atoms with Crippen LogP contribution in [0.25, 0.3) is 10.4 Å². The first-order valence-electron chi connectivity index (χ1n) is 9.28. The summed E-state index contributed by atoms with van der Waals surface area (Å²) < 4.78 is 43.7. The van der Waals surface area contributed by atoms with Crippen LogP contribution in [0.3, 0.4) is 0 Å². The van der Waals surface area contributed by atoms with Crippen molar-refractivity contribution in [3.8, 4) is 11.5 Å². The molecule has 2 atom stereocenters. The number of methoxy groups -OCH3 is 3. The van der Waals surface area contributed by atoms with Gasteiger partial charge in [0.25, 0.3) is 0 Å². The first-order chi connectivity index (χ1) is 14.0. The molecule has 0 aliphatic heterocycles. The Morgan fingerprint density at radius 3 is 2.17 bits per heavy atom. The van der Waals surface area contributed by atoms with Gasteiger partial charge < -0.3 is 14.2 Å². The number of carbonyl (C=O) groups is 1. The number of carbonyl (C=O) groups excluding carboxylic acids is 1. The van der Waals surface area contributed by atoms with E-state index in [4.69, 9.17) is 19.7 Å². The largest absolute Gasteiger partial charge is 0.497 e. The zero-order valence-corrected chi connectivity index (χ0v) is 20.0. The van der Waals surface area contributed by atoms with Crippen molar-refractivity contribution in [3.63, 3.8) is 0 Å². The van der Waals surface area contributed by atoms with Crippen LogP contribution in [0.2, 0.25) is 25.7 Å². The fraction of sp³-hybridized carbons (Fsp3) is 0.611. The molecular formula is C18H30N4O6SSi. The predicted molar refractivity (Wildman–Crippen MR) is 117 cm³/mol. The second-order valence-corrected chi connectivity index (χ2v) is 15.4. The summed E-state index contributed by atoms with van der Waals surface area (Å²) in [6.07, 6.45) is 0. The molecule has 0 spiro atoms. The summed E-state index contributed by atoms with van der Waals surface area (Å²) in [5, 5.41) is 3.48. The molecule has 0 unspecified atom stereocenters. The van der Waals surface area contributed by atoms with Crippen molar-refractivity contribution in [3.05, 3.63) is 34.2 Å². The SMILES string of the molecule is COC(=O)[C@H](CN=[N+]=[N-])[C@@H](NS(=O)(=O)CC[Si](C)(C)C)c1cc(OC)cc(OC)c1. The highest BCUT2D eigenvalue weighted by molar-refractivity contribution is 7.89. The summed E-state index contributed by atoms with van der Waals surface area (Å²) in [4.78, 5) is 15.1. The average Bonchev–Trinajstić information content (AvgIpc) is 2.70. The van der Waals surface area contributed by atoms with E-state index in [0.717, 1.165) is 0 Å². The molecule has 0 aromatic heterocycles. The van der Waals surface area contributed by atoms with E-state index in [0.29, 0.717) is 23.1 Å². The summed E-state index contributed by atoms with van der Waals surface area (Å²) >= 11 is 0. The van der Waals surface area contributed by atoms with Gasteiger partial charge in [0.1, 0.15) is 11.5 Å². The van der Waals surface area contributed by atoms with Gasteiger partial charge in [0.05, 0.1) is 39.0 Å². The van der Waals surface area contributed by atoms with E-state index in [-0.39, 0.29) is 12.3 Å². The molecule has 0 saturated heterocycles. The minimum Gasteiger partial charge on any atom is -0.497 e. The van der Waals surface area contributed by atoms with Crippen LogP contribution >= 0.6 is 0 Å². The number of azide groups is 1. The molecule has 1 aromatic carbocycles. The van der Waals surface area contributed by atoms with Crippen molar-refractivity contribution in [1.29, 1.82) is 0 Å². The zero-order valence-electron chi connectivity index (χ0n) is 18.2. The number of hydrogen-bond acceptors (Lipinski definition) is 7. The maximum Gasteiger partial charge on any atom is 0.310 e. The molecule has 0 aliphatic rings. The third kappa shape index (κ3) is 8.23. The summed E-state index contributed by atoms with van der Waals surface area (Å²) in [6, 6.07) is 4.33. The molecule has 1 N–H and O–H groups in total. The maximum absolute atomic E-state index is 12.9. The molecule has 0 fully saturated rings. The Labute approximate surface area is 178 Å². The second-order valence-electron chi connectivity index (χ2n) is 7.91. The fourth-order valence-corrected chi connectivity index (χ4v) is 7.01. The Morgan fingerprint density at radius 2 is 1.73 bits per heavy atom. The van der Waals surface area contributed by atoms with Gasteiger partial charge in [-0.25, -0.2) is 13.1 Å². The molecule has 0 bridgehead atoms. The molecule has 1 rings (SSSR count). The molecular weight excluding hydrogens is 428 g/mol. The van der Waals surface area contributed by atoms with E-state index in [1.807, 2.05) is 0 Å². The predicted octanol–water partition coefficient (Wildman–Crippen LogP) is 3.10. The fourth-order valence-electron chi connectivity index (χ4n) is 2.68. The van der Waals surface area contributed by atoms with Crippen molar-refractivity contribution >= 4 is 24.1 Å². The molecule has 10 nitrogen and oxygen atoms in total. The second kappa shape index (κ2) is 11.2. The Hall–Kier alpha value is -2.27. The molecule has 12 heteroatoms. The maximum atomic E-state index is 12.9. The van der Waals surface area contributed by atoms with Crippen molar-refractivity contribution in [2.45, 2.75) is 31.7 Å². The Balaban J connectivity index is 3.47. The number of rotatable bonds is 12. The summed E-state index contributed by atoms with van der Waals surface area (Å²) in [5.74, 6) is -1.02. The van der Waals surface area contributed by atoms with Crippen LogP contribution in [-0.2, 0) is 19.6 Å². The number of nitrogens with zero attached hydrogens (tertiary/aromatic N) is 3. The number of sulfonamides is 1. The van der Waals surface area contributed by atoms with E-state index in [1.54, 1.807) is 18.2 Å². The highest BCUT2D eigenvalue weighted by atomic mass is 32.2. The number of esters is 1. The van der Waals surface area contributed by atoms with Gasteiger partial charge in [0, 0.05) is 25.6 Å². The monoisotopic (exact) mass is 458 g/mol. The summed E-state index contributed by atoms with van der Waals surface area (Å²) in [7, 11) is -1.26. The highest BCUT2D eigenvalue weighted by Gasteiger charge is 2.34. The minimum absolute atomic E-state index is 0.0737. The minimum atomic E-state index is -3.75. The van der Waals surface area contributed by atoms with Crippen molar-refractivity contribution in [1.82, 2.24) is 4.72 Å². The van der Waals surface area contributed by atoms with Gasteiger partial charge in [0.15, 0.2) is 0 Å². The lowest BCUT2D eigenvalue weighted by molar-refractivity contribution is -0.146. The zero-order chi connectivity index (χ0) is 22.9. The highest BCUT2D eigenvalue weighted by Crippen LogP contribution is 2.32. The Bertz CT molecular complexity index is 859. The van der Waals surface area contributed by atoms with Crippen molar-refractivity contribution < 1.29 is 27.4 Å². The van der Waals surface area contributed by atoms with Gasteiger partial charge in [-0.15, -0.1) is 0 Å². The first kappa shape index (κ1) is 25.8. The lowest BCUT2D eigenvalue weighted by Crippen LogP contribution is -2.40. The van der Waals surface area contributed by atoms with E-state index >= 15 is 0 Å². The Morgan fingerprint density at radius 1 is 1.17 bits per heavy atom. The molecule has 30 heavy (non-hydrogen) atoms. The van der Waals surface area contributed by atoms with Gasteiger partial charge in [-0.3, -0.25) is 4.79 Å². The smallest absolute Gasteiger partial charge is 0.310 e. The van der Waals surface area contributed by atoms with E-state index in [1.165, 1.54) is 21.3 Å². The normalized spacial score (nSPS) is 13.7. The van der Waals surface area contributed by atoms with Gasteiger partial charge in [0.2, 0.25) is 10.0 Å². The molecule has 0 saturated carbocycles. The molecule has 0 heterocycles. The molecule has 0 aliphatic carbocycles. The van der Waals surface area contributed by atoms with Crippen LogP contribution in [-0.4, -0.2) is 56.1 Å². The van der Waals surface area contributed by atoms with Crippen LogP contribution in [0.4, 0.5) is 0 Å². The van der Waals surface area contributed by atoms with Gasteiger partial charge in [-0.1, -0.05) is 24.8 Å². The first-order valence-corrected chi connectivity index (χ1v) is 14.6. The molecule has 0 radical (unpaired) electrons. The molecule has 168 valence electrons. The lowest BCUT2D eigenvalue weighted by atomic mass is 9.93. The number of ether oxygens (including phenoxy) is 3. The summed E-state index contributed by atoms with van der Waals surface area (Å²) in [6.45, 7) is 5.94. The van der Waals surface area contributed by atoms with Gasteiger partial charge in [-0.2, -0.15) is 0 Å². The van der Waals surface area contributed by atoms with Crippen LogP contribution in [0.5, 0.6) is 11.5 Å². The summed E-state index contributed by atoms with van der Waals surface area (Å²) in [5.41, 5.74) is 9.15. The van der Waals surface area contributed by atoms with Crippen LogP contribution < -0.4 is 14.2 Å². The standard InChI is InChI=1S/C18H30N4O6SSi/c1-26-14-9-13(10-15(11-14)27-2)17(16(12-20-22-19)18(23)28-3)21-29(24,25)7-8-30(4,5)6/h9-11,16-17,21H,7-8,12H2,1-6H3/t16-,17+/m1/s1. The van der Waals surface area contributed by atoms with Crippen molar-refractivity contribution in [2.75, 3.05) is 33.6 Å². The van der Waals surface area contributed by atoms with Crippen LogP contribution in [0.15, 0.2) is 23.3 Å². The average molecular weight is 459 g/mol. The van der Waals surface area contributed by atoms with Crippen molar-refractivity contribution in [2.24, 2.45) is 11.0 Å². The van der Waals surface area contributed by atoms with Gasteiger partial charge >= 0.3 is 5.97 Å². The third-order valence-corrected chi connectivity index (χ3v) is 7.88. The topological polar surface area (TPSA) is 140 Å². The van der Waals surface area contributed by atoms with Crippen LogP contribution in [0, 0.1) is 5.92 Å². The van der Waals surface area contributed by atoms with E-state index in [9.17, 15) is 13.2 Å². The number of hydrogen-bond donors (Lipinski definition) is 1. The number of benzene rings is 1. The Kier molecular flexibility index (Phi) is 9.63. The van der Waals surface area contributed by atoms with E-state index < -0.39 is 36.0 Å². The molecule has 1 aromatic rings. The quantitative estimate of drug-likeness (QED) is 0.168. The third-order valence-electron chi connectivity index (χ3n) is 4.41. The van der Waals surface area contributed by atoms with Gasteiger partial charge in [-0.05, 0) is 29.3 Å². The lowest BCUT2D eigenvalue weighted by Gasteiger charge is -2.27. The van der Waals surface area contributed by atoms with Crippen LogP contribution in [0.1, 0.15) is 11.6 Å². The number of nitrogens with one attached hydrogen (secondary N) is 1.